The molecule has 1 aliphatic carbocycles. The van der Waals surface area contributed by atoms with Gasteiger partial charge in [-0.2, -0.15) is 0 Å². The van der Waals surface area contributed by atoms with E-state index in [1.807, 2.05) is 18.2 Å². The minimum Gasteiger partial charge on any atom is -0.393 e. The molecule has 2 amide bonds. The van der Waals surface area contributed by atoms with Crippen molar-refractivity contribution < 1.29 is 9.90 Å². The van der Waals surface area contributed by atoms with Gasteiger partial charge in [0.05, 0.1) is 6.10 Å². The Morgan fingerprint density at radius 2 is 1.95 bits per heavy atom. The summed E-state index contributed by atoms with van der Waals surface area (Å²) in [7, 11) is 0. The Morgan fingerprint density at radius 3 is 2.62 bits per heavy atom. The van der Waals surface area contributed by atoms with Crippen LogP contribution < -0.4 is 10.6 Å². The zero-order chi connectivity index (χ0) is 15.1. The van der Waals surface area contributed by atoms with E-state index in [1.165, 1.54) is 4.90 Å². The highest BCUT2D eigenvalue weighted by atomic mass is 32.2. The number of aliphatic hydroxyl groups is 1. The van der Waals surface area contributed by atoms with Crippen LogP contribution in [0.1, 0.15) is 32.6 Å². The second-order valence-corrected chi connectivity index (χ2v) is 7.11. The number of rotatable bonds is 5. The predicted octanol–water partition coefficient (Wildman–Crippen LogP) is 2.77. The molecule has 0 heterocycles. The van der Waals surface area contributed by atoms with Crippen LogP contribution in [0.2, 0.25) is 0 Å². The lowest BCUT2D eigenvalue weighted by molar-refractivity contribution is 0.117. The Hall–Kier alpha value is -1.20. The zero-order valence-corrected chi connectivity index (χ0v) is 13.2. The van der Waals surface area contributed by atoms with Gasteiger partial charge in [0, 0.05) is 22.7 Å². The molecule has 0 radical (unpaired) electrons. The SMILES string of the molecule is C[C@@H](CNC(=O)NC1CCC(O)CC1)Sc1ccccc1. The molecule has 1 saturated carbocycles. The molecule has 4 nitrogen and oxygen atoms in total. The van der Waals surface area contributed by atoms with E-state index in [1.54, 1.807) is 11.8 Å². The van der Waals surface area contributed by atoms with Crippen molar-refractivity contribution in [2.75, 3.05) is 6.54 Å². The van der Waals surface area contributed by atoms with Gasteiger partial charge >= 0.3 is 6.03 Å². The van der Waals surface area contributed by atoms with Crippen molar-refractivity contribution in [3.63, 3.8) is 0 Å². The Labute approximate surface area is 130 Å². The molecule has 1 aromatic rings. The fourth-order valence-electron chi connectivity index (χ4n) is 2.47. The number of hydrogen-bond donors (Lipinski definition) is 3. The Bertz CT molecular complexity index is 433. The number of carbonyl (C=O) groups is 1. The van der Waals surface area contributed by atoms with Crippen LogP contribution in [0, 0.1) is 0 Å². The summed E-state index contributed by atoms with van der Waals surface area (Å²) in [5, 5.41) is 15.7. The van der Waals surface area contributed by atoms with E-state index in [0.29, 0.717) is 11.8 Å². The second-order valence-electron chi connectivity index (χ2n) is 5.60. The number of carbonyl (C=O) groups excluding carboxylic acids is 1. The molecule has 0 bridgehead atoms. The zero-order valence-electron chi connectivity index (χ0n) is 12.4. The smallest absolute Gasteiger partial charge is 0.315 e. The van der Waals surface area contributed by atoms with E-state index in [4.69, 9.17) is 0 Å². The van der Waals surface area contributed by atoms with Gasteiger partial charge in [-0.15, -0.1) is 11.8 Å². The molecule has 1 fully saturated rings. The predicted molar refractivity (Wildman–Crippen MR) is 86.6 cm³/mol. The van der Waals surface area contributed by atoms with E-state index >= 15 is 0 Å². The number of amides is 2. The summed E-state index contributed by atoms with van der Waals surface area (Å²) in [5.74, 6) is 0. The quantitative estimate of drug-likeness (QED) is 0.733. The maximum absolute atomic E-state index is 11.9. The fourth-order valence-corrected chi connectivity index (χ4v) is 3.41. The molecular weight excluding hydrogens is 284 g/mol. The third-order valence-electron chi connectivity index (χ3n) is 3.66. The summed E-state index contributed by atoms with van der Waals surface area (Å²) in [6.07, 6.45) is 3.11. The van der Waals surface area contributed by atoms with Gasteiger partial charge in [-0.05, 0) is 37.8 Å². The molecule has 5 heteroatoms. The largest absolute Gasteiger partial charge is 0.393 e. The van der Waals surface area contributed by atoms with Crippen LogP contribution in [-0.2, 0) is 0 Å². The van der Waals surface area contributed by atoms with Gasteiger partial charge in [0.15, 0.2) is 0 Å². The average Bonchev–Trinajstić information content (AvgIpc) is 2.49. The number of benzene rings is 1. The molecule has 0 aromatic heterocycles. The number of thioether (sulfide) groups is 1. The molecule has 21 heavy (non-hydrogen) atoms. The topological polar surface area (TPSA) is 61.4 Å². The summed E-state index contributed by atoms with van der Waals surface area (Å²) in [4.78, 5) is 13.1. The van der Waals surface area contributed by atoms with Crippen molar-refractivity contribution in [1.82, 2.24) is 10.6 Å². The molecule has 3 N–H and O–H groups in total. The minimum atomic E-state index is -0.187. The van der Waals surface area contributed by atoms with Crippen LogP contribution in [0.5, 0.6) is 0 Å². The Morgan fingerprint density at radius 1 is 1.29 bits per heavy atom. The van der Waals surface area contributed by atoms with Crippen LogP contribution in [-0.4, -0.2) is 35.1 Å². The van der Waals surface area contributed by atoms with Gasteiger partial charge in [-0.1, -0.05) is 25.1 Å². The standard InChI is InChI=1S/C16H24N2O2S/c1-12(21-15-5-3-2-4-6-15)11-17-16(20)18-13-7-9-14(19)10-8-13/h2-6,12-14,19H,7-11H2,1H3,(H2,17,18,20)/t12-,13?,14?/m0/s1. The van der Waals surface area contributed by atoms with E-state index in [2.05, 4.69) is 29.7 Å². The highest BCUT2D eigenvalue weighted by molar-refractivity contribution is 8.00. The van der Waals surface area contributed by atoms with Gasteiger partial charge in [0.1, 0.15) is 0 Å². The minimum absolute atomic E-state index is 0.100. The first kappa shape index (κ1) is 16.2. The molecular formula is C16H24N2O2S. The molecule has 2 rings (SSSR count). The molecule has 1 aromatic carbocycles. The van der Waals surface area contributed by atoms with Gasteiger partial charge < -0.3 is 15.7 Å². The molecule has 0 spiro atoms. The van der Waals surface area contributed by atoms with Gasteiger partial charge in [-0.3, -0.25) is 0 Å². The van der Waals surface area contributed by atoms with Crippen molar-refractivity contribution in [3.05, 3.63) is 30.3 Å². The Balaban J connectivity index is 1.64. The molecule has 0 aliphatic heterocycles. The lowest BCUT2D eigenvalue weighted by atomic mass is 9.93. The summed E-state index contributed by atoms with van der Waals surface area (Å²) < 4.78 is 0. The first-order valence-corrected chi connectivity index (χ1v) is 8.45. The number of aliphatic hydroxyl groups excluding tert-OH is 1. The highest BCUT2D eigenvalue weighted by Gasteiger charge is 2.20. The molecule has 116 valence electrons. The summed E-state index contributed by atoms with van der Waals surface area (Å²) in [6, 6.07) is 10.3. The van der Waals surface area contributed by atoms with Gasteiger partial charge in [0.2, 0.25) is 0 Å². The maximum Gasteiger partial charge on any atom is 0.315 e. The summed E-state index contributed by atoms with van der Waals surface area (Å²) >= 11 is 1.76. The molecule has 1 aliphatic rings. The number of nitrogens with one attached hydrogen (secondary N) is 2. The molecule has 0 unspecified atom stereocenters. The van der Waals surface area contributed by atoms with Crippen molar-refractivity contribution in [1.29, 1.82) is 0 Å². The van der Waals surface area contributed by atoms with Crippen LogP contribution in [0.15, 0.2) is 35.2 Å². The highest BCUT2D eigenvalue weighted by Crippen LogP contribution is 2.22. The maximum atomic E-state index is 11.9. The summed E-state index contributed by atoms with van der Waals surface area (Å²) in [5.41, 5.74) is 0. The lowest BCUT2D eigenvalue weighted by Crippen LogP contribution is -2.45. The van der Waals surface area contributed by atoms with E-state index in [0.717, 1.165) is 25.7 Å². The van der Waals surface area contributed by atoms with Crippen LogP contribution >= 0.6 is 11.8 Å². The fraction of sp³-hybridized carbons (Fsp3) is 0.562. The van der Waals surface area contributed by atoms with Crippen LogP contribution in [0.4, 0.5) is 4.79 Å². The summed E-state index contributed by atoms with van der Waals surface area (Å²) in [6.45, 7) is 2.75. The van der Waals surface area contributed by atoms with Crippen molar-refractivity contribution in [2.45, 2.75) is 54.9 Å². The van der Waals surface area contributed by atoms with Gasteiger partial charge in [0.25, 0.3) is 0 Å². The van der Waals surface area contributed by atoms with E-state index < -0.39 is 0 Å². The Kier molecular flexibility index (Phi) is 6.39. The normalized spacial score (nSPS) is 23.3. The average molecular weight is 308 g/mol. The second kappa shape index (κ2) is 8.29. The molecule has 0 saturated heterocycles. The van der Waals surface area contributed by atoms with Crippen molar-refractivity contribution >= 4 is 17.8 Å². The number of hydrogen-bond acceptors (Lipinski definition) is 3. The third kappa shape index (κ3) is 5.98. The number of urea groups is 1. The van der Waals surface area contributed by atoms with Gasteiger partial charge in [-0.25, -0.2) is 4.79 Å². The van der Waals surface area contributed by atoms with Crippen LogP contribution in [0.25, 0.3) is 0 Å². The van der Waals surface area contributed by atoms with E-state index in [9.17, 15) is 9.90 Å². The first-order valence-electron chi connectivity index (χ1n) is 7.57. The van der Waals surface area contributed by atoms with Crippen LogP contribution in [0.3, 0.4) is 0 Å². The third-order valence-corrected chi connectivity index (χ3v) is 4.78. The lowest BCUT2D eigenvalue weighted by Gasteiger charge is -2.26. The van der Waals surface area contributed by atoms with E-state index in [-0.39, 0.29) is 18.2 Å². The first-order chi connectivity index (χ1) is 10.1. The molecule has 1 atom stereocenters. The monoisotopic (exact) mass is 308 g/mol. The van der Waals surface area contributed by atoms with Crippen molar-refractivity contribution in [2.24, 2.45) is 0 Å². The van der Waals surface area contributed by atoms with Crippen molar-refractivity contribution in [3.8, 4) is 0 Å².